The molecule has 0 aliphatic carbocycles. The molecule has 2 atom stereocenters. The van der Waals surface area contributed by atoms with E-state index in [-0.39, 0.29) is 23.6 Å². The molecule has 1 rings (SSSR count). The molecule has 0 aromatic heterocycles. The van der Waals surface area contributed by atoms with Gasteiger partial charge in [0.2, 0.25) is 10.0 Å². The number of carboxylic acid groups (broad SMARTS) is 1. The first kappa shape index (κ1) is 15.4. The maximum absolute atomic E-state index is 12.1. The molecule has 1 aliphatic rings. The highest BCUT2D eigenvalue weighted by Crippen LogP contribution is 2.27. The lowest BCUT2D eigenvalue weighted by Gasteiger charge is -2.21. The molecular weight excluding hydrogens is 254 g/mol. The molecule has 0 unspecified atom stereocenters. The molecule has 0 amide bonds. The smallest absolute Gasteiger partial charge is 0.308 e. The van der Waals surface area contributed by atoms with Crippen LogP contribution in [0.4, 0.5) is 0 Å². The third-order valence-corrected chi connectivity index (χ3v) is 5.20. The second-order valence-corrected chi connectivity index (χ2v) is 8.45. The zero-order valence-electron chi connectivity index (χ0n) is 11.5. The normalized spacial score (nSPS) is 26.4. The third-order valence-electron chi connectivity index (χ3n) is 3.40. The van der Waals surface area contributed by atoms with E-state index in [2.05, 4.69) is 0 Å². The average molecular weight is 277 g/mol. The number of hydrogen-bond donors (Lipinski definition) is 1. The number of nitrogens with zero attached hydrogens (tertiary/aromatic N) is 1. The summed E-state index contributed by atoms with van der Waals surface area (Å²) >= 11 is 0. The van der Waals surface area contributed by atoms with Gasteiger partial charge in [-0.15, -0.1) is 0 Å². The van der Waals surface area contributed by atoms with Crippen LogP contribution in [0.15, 0.2) is 0 Å². The number of hydrogen-bond acceptors (Lipinski definition) is 3. The summed E-state index contributed by atoms with van der Waals surface area (Å²) in [4.78, 5) is 11.0. The Morgan fingerprint density at radius 2 is 1.89 bits per heavy atom. The van der Waals surface area contributed by atoms with E-state index in [0.717, 1.165) is 0 Å². The van der Waals surface area contributed by atoms with Crippen LogP contribution in [-0.4, -0.2) is 42.6 Å². The highest BCUT2D eigenvalue weighted by atomic mass is 32.2. The Labute approximate surface area is 109 Å². The molecule has 0 bridgehead atoms. The molecule has 0 aromatic rings. The van der Waals surface area contributed by atoms with Gasteiger partial charge in [0, 0.05) is 13.1 Å². The van der Waals surface area contributed by atoms with Gasteiger partial charge in [0.15, 0.2) is 0 Å². The minimum Gasteiger partial charge on any atom is -0.481 e. The second kappa shape index (κ2) is 5.17. The van der Waals surface area contributed by atoms with E-state index in [1.807, 2.05) is 20.8 Å². The Hall–Kier alpha value is -0.620. The zero-order valence-corrected chi connectivity index (χ0v) is 12.3. The van der Waals surface area contributed by atoms with E-state index < -0.39 is 21.9 Å². The number of aliphatic carboxylic acids is 1. The number of rotatable bonds is 4. The van der Waals surface area contributed by atoms with Crippen molar-refractivity contribution in [2.24, 2.45) is 17.3 Å². The molecule has 5 nitrogen and oxygen atoms in total. The molecule has 6 heteroatoms. The fourth-order valence-corrected chi connectivity index (χ4v) is 4.01. The van der Waals surface area contributed by atoms with Gasteiger partial charge < -0.3 is 5.11 Å². The third kappa shape index (κ3) is 3.95. The Morgan fingerprint density at radius 3 is 2.28 bits per heavy atom. The lowest BCUT2D eigenvalue weighted by molar-refractivity contribution is -0.142. The van der Waals surface area contributed by atoms with Crippen LogP contribution in [0.1, 0.15) is 34.1 Å². The summed E-state index contributed by atoms with van der Waals surface area (Å²) in [5.74, 6) is -1.51. The lowest BCUT2D eigenvalue weighted by Crippen LogP contribution is -2.33. The lowest BCUT2D eigenvalue weighted by atomic mass is 9.94. The summed E-state index contributed by atoms with van der Waals surface area (Å²) in [7, 11) is -3.32. The Bertz CT molecular complexity index is 410. The van der Waals surface area contributed by atoms with Crippen LogP contribution in [0.25, 0.3) is 0 Å². The second-order valence-electron chi connectivity index (χ2n) is 6.37. The van der Waals surface area contributed by atoms with Gasteiger partial charge in [-0.1, -0.05) is 27.7 Å². The van der Waals surface area contributed by atoms with Crippen molar-refractivity contribution in [3.05, 3.63) is 0 Å². The Morgan fingerprint density at radius 1 is 1.33 bits per heavy atom. The molecule has 0 saturated carbocycles. The minimum absolute atomic E-state index is 0.0371. The molecule has 1 heterocycles. The number of carbonyl (C=O) groups is 1. The Balaban J connectivity index is 2.68. The molecule has 0 spiro atoms. The topological polar surface area (TPSA) is 74.7 Å². The fourth-order valence-electron chi connectivity index (χ4n) is 2.04. The number of sulfonamides is 1. The van der Waals surface area contributed by atoms with Gasteiger partial charge in [-0.25, -0.2) is 12.7 Å². The van der Waals surface area contributed by atoms with Gasteiger partial charge in [-0.05, 0) is 17.8 Å². The van der Waals surface area contributed by atoms with Crippen LogP contribution in [-0.2, 0) is 14.8 Å². The number of carboxylic acids is 1. The summed E-state index contributed by atoms with van der Waals surface area (Å²) < 4.78 is 25.6. The predicted octanol–water partition coefficient (Wildman–Crippen LogP) is 1.40. The fraction of sp³-hybridized carbons (Fsp3) is 0.917. The van der Waals surface area contributed by atoms with E-state index in [4.69, 9.17) is 5.11 Å². The SMILES string of the molecule is C[C@@H]1CN(S(=O)(=O)CCC(C)(C)C)C[C@H]1C(=O)O. The van der Waals surface area contributed by atoms with Crippen LogP contribution < -0.4 is 0 Å². The van der Waals surface area contributed by atoms with Gasteiger partial charge in [0.25, 0.3) is 0 Å². The molecule has 0 aromatic carbocycles. The largest absolute Gasteiger partial charge is 0.481 e. The zero-order chi connectivity index (χ0) is 14.1. The van der Waals surface area contributed by atoms with Crippen molar-refractivity contribution in [2.75, 3.05) is 18.8 Å². The van der Waals surface area contributed by atoms with Crippen molar-refractivity contribution >= 4 is 16.0 Å². The van der Waals surface area contributed by atoms with Gasteiger partial charge in [0.05, 0.1) is 11.7 Å². The summed E-state index contributed by atoms with van der Waals surface area (Å²) in [5, 5.41) is 9.00. The first-order valence-corrected chi connectivity index (χ1v) is 7.84. The van der Waals surface area contributed by atoms with Crippen LogP contribution in [0.5, 0.6) is 0 Å². The Kier molecular flexibility index (Phi) is 4.43. The van der Waals surface area contributed by atoms with Crippen molar-refractivity contribution < 1.29 is 18.3 Å². The van der Waals surface area contributed by atoms with Crippen LogP contribution in [0.3, 0.4) is 0 Å². The molecule has 0 radical (unpaired) electrons. The molecule has 1 aliphatic heterocycles. The highest BCUT2D eigenvalue weighted by Gasteiger charge is 2.40. The van der Waals surface area contributed by atoms with Crippen molar-refractivity contribution in [2.45, 2.75) is 34.1 Å². The molecule has 106 valence electrons. The van der Waals surface area contributed by atoms with Gasteiger partial charge in [-0.2, -0.15) is 0 Å². The highest BCUT2D eigenvalue weighted by molar-refractivity contribution is 7.89. The molecule has 1 N–H and O–H groups in total. The van der Waals surface area contributed by atoms with Crippen molar-refractivity contribution in [3.8, 4) is 0 Å². The van der Waals surface area contributed by atoms with Crippen molar-refractivity contribution in [3.63, 3.8) is 0 Å². The van der Waals surface area contributed by atoms with Crippen molar-refractivity contribution in [1.82, 2.24) is 4.31 Å². The van der Waals surface area contributed by atoms with E-state index in [9.17, 15) is 13.2 Å². The maximum Gasteiger partial charge on any atom is 0.308 e. The van der Waals surface area contributed by atoms with E-state index in [1.165, 1.54) is 4.31 Å². The summed E-state index contributed by atoms with van der Waals surface area (Å²) in [6, 6.07) is 0. The first-order valence-electron chi connectivity index (χ1n) is 6.23. The molecular formula is C12H23NO4S. The predicted molar refractivity (Wildman–Crippen MR) is 69.7 cm³/mol. The van der Waals surface area contributed by atoms with E-state index in [1.54, 1.807) is 6.92 Å². The van der Waals surface area contributed by atoms with Crippen LogP contribution >= 0.6 is 0 Å². The first-order chi connectivity index (χ1) is 8.03. The molecule has 1 fully saturated rings. The average Bonchev–Trinajstić information content (AvgIpc) is 2.57. The van der Waals surface area contributed by atoms with Crippen LogP contribution in [0.2, 0.25) is 0 Å². The van der Waals surface area contributed by atoms with Crippen LogP contribution in [0, 0.1) is 17.3 Å². The van der Waals surface area contributed by atoms with Gasteiger partial charge in [-0.3, -0.25) is 4.79 Å². The van der Waals surface area contributed by atoms with E-state index >= 15 is 0 Å². The molecule has 1 saturated heterocycles. The summed E-state index contributed by atoms with van der Waals surface area (Å²) in [6.45, 7) is 8.21. The van der Waals surface area contributed by atoms with E-state index in [0.29, 0.717) is 13.0 Å². The van der Waals surface area contributed by atoms with Crippen molar-refractivity contribution in [1.29, 1.82) is 0 Å². The quantitative estimate of drug-likeness (QED) is 0.843. The monoisotopic (exact) mass is 277 g/mol. The maximum atomic E-state index is 12.1. The molecule has 18 heavy (non-hydrogen) atoms. The standard InChI is InChI=1S/C12H23NO4S/c1-9-7-13(8-10(9)11(14)15)18(16,17)6-5-12(2,3)4/h9-10H,5-8H2,1-4H3,(H,14,15)/t9-,10-/m1/s1. The van der Waals surface area contributed by atoms with Gasteiger partial charge >= 0.3 is 5.97 Å². The van der Waals surface area contributed by atoms with Gasteiger partial charge in [0.1, 0.15) is 0 Å². The summed E-state index contributed by atoms with van der Waals surface area (Å²) in [5.41, 5.74) is -0.0371. The minimum atomic E-state index is -3.32. The summed E-state index contributed by atoms with van der Waals surface area (Å²) in [6.07, 6.45) is 0.581.